The lowest BCUT2D eigenvalue weighted by Crippen LogP contribution is -2.26. The molecule has 2 aromatic carbocycles. The molecule has 0 spiro atoms. The monoisotopic (exact) mass is 365 g/mol. The third-order valence-corrected chi connectivity index (χ3v) is 6.09. The number of nitrogens with one attached hydrogen (secondary N) is 1. The van der Waals surface area contributed by atoms with Gasteiger partial charge in [-0.15, -0.1) is 0 Å². The molecule has 4 nitrogen and oxygen atoms in total. The van der Waals surface area contributed by atoms with Gasteiger partial charge in [-0.25, -0.2) is 13.1 Å². The van der Waals surface area contributed by atoms with E-state index < -0.39 is 10.0 Å². The summed E-state index contributed by atoms with van der Waals surface area (Å²) >= 11 is 1.71. The van der Waals surface area contributed by atoms with E-state index in [1.165, 1.54) is 11.1 Å². The molecule has 0 aliphatic carbocycles. The van der Waals surface area contributed by atoms with Gasteiger partial charge in [0.2, 0.25) is 10.0 Å². The summed E-state index contributed by atoms with van der Waals surface area (Å²) in [6.45, 7) is 4.30. The summed E-state index contributed by atoms with van der Waals surface area (Å²) in [6, 6.07) is 13.2. The molecular formula is C18H23NO3S2. The summed E-state index contributed by atoms with van der Waals surface area (Å²) in [5, 5.41) is 0. The Morgan fingerprint density at radius 1 is 1.08 bits per heavy atom. The van der Waals surface area contributed by atoms with Crippen molar-refractivity contribution >= 4 is 21.8 Å². The lowest BCUT2D eigenvalue weighted by atomic mass is 10.2. The van der Waals surface area contributed by atoms with Crippen LogP contribution in [0.4, 0.5) is 0 Å². The maximum Gasteiger partial charge on any atom is 0.240 e. The smallest absolute Gasteiger partial charge is 0.240 e. The summed E-state index contributed by atoms with van der Waals surface area (Å²) in [6.07, 6.45) is 0. The molecule has 0 saturated heterocycles. The molecule has 0 fully saturated rings. The maximum atomic E-state index is 12.3. The predicted molar refractivity (Wildman–Crippen MR) is 100 cm³/mol. The first-order valence-electron chi connectivity index (χ1n) is 7.70. The molecule has 0 bridgehead atoms. The molecule has 0 aliphatic rings. The topological polar surface area (TPSA) is 55.4 Å². The number of hydrogen-bond donors (Lipinski definition) is 1. The van der Waals surface area contributed by atoms with Gasteiger partial charge in [-0.2, -0.15) is 11.8 Å². The maximum absolute atomic E-state index is 12.3. The van der Waals surface area contributed by atoms with Gasteiger partial charge in [0, 0.05) is 18.1 Å². The quantitative estimate of drug-likeness (QED) is 0.727. The summed E-state index contributed by atoms with van der Waals surface area (Å²) < 4.78 is 32.4. The van der Waals surface area contributed by atoms with Crippen LogP contribution < -0.4 is 9.46 Å². The zero-order valence-electron chi connectivity index (χ0n) is 14.2. The molecular weight excluding hydrogens is 342 g/mol. The fourth-order valence-corrected chi connectivity index (χ4v) is 4.29. The van der Waals surface area contributed by atoms with Gasteiger partial charge in [-0.1, -0.05) is 29.8 Å². The van der Waals surface area contributed by atoms with Crippen molar-refractivity contribution in [3.63, 3.8) is 0 Å². The Bertz CT molecular complexity index is 771. The highest BCUT2D eigenvalue weighted by Crippen LogP contribution is 2.21. The van der Waals surface area contributed by atoms with Crippen LogP contribution in [0.2, 0.25) is 0 Å². The number of hydrogen-bond acceptors (Lipinski definition) is 4. The normalized spacial score (nSPS) is 11.5. The van der Waals surface area contributed by atoms with Crippen molar-refractivity contribution in [1.82, 2.24) is 4.72 Å². The van der Waals surface area contributed by atoms with Crippen LogP contribution in [0.5, 0.6) is 5.75 Å². The molecule has 0 aliphatic heterocycles. The number of thioether (sulfide) groups is 1. The Morgan fingerprint density at radius 2 is 1.79 bits per heavy atom. The number of methoxy groups -OCH3 is 1. The number of rotatable bonds is 8. The Hall–Kier alpha value is -1.50. The van der Waals surface area contributed by atoms with Crippen molar-refractivity contribution in [2.45, 2.75) is 24.5 Å². The van der Waals surface area contributed by atoms with Crippen molar-refractivity contribution in [2.75, 3.05) is 19.4 Å². The average molecular weight is 366 g/mol. The highest BCUT2D eigenvalue weighted by Gasteiger charge is 2.14. The van der Waals surface area contributed by atoms with Crippen LogP contribution in [0.15, 0.2) is 47.4 Å². The first-order chi connectivity index (χ1) is 11.4. The van der Waals surface area contributed by atoms with Gasteiger partial charge in [0.1, 0.15) is 5.75 Å². The second-order valence-electron chi connectivity index (χ2n) is 5.57. The molecule has 130 valence electrons. The van der Waals surface area contributed by atoms with Crippen molar-refractivity contribution < 1.29 is 13.2 Å². The molecule has 6 heteroatoms. The summed E-state index contributed by atoms with van der Waals surface area (Å²) in [5.74, 6) is 2.29. The van der Waals surface area contributed by atoms with Crippen LogP contribution >= 0.6 is 11.8 Å². The van der Waals surface area contributed by atoms with E-state index in [9.17, 15) is 8.42 Å². The lowest BCUT2D eigenvalue weighted by Gasteiger charge is -2.09. The summed E-state index contributed by atoms with van der Waals surface area (Å²) in [4.78, 5) is 0.268. The molecule has 1 N–H and O–H groups in total. The van der Waals surface area contributed by atoms with E-state index in [0.717, 1.165) is 17.1 Å². The molecule has 0 atom stereocenters. The van der Waals surface area contributed by atoms with E-state index in [2.05, 4.69) is 35.9 Å². The largest absolute Gasteiger partial charge is 0.496 e. The van der Waals surface area contributed by atoms with E-state index in [-0.39, 0.29) is 4.90 Å². The van der Waals surface area contributed by atoms with E-state index >= 15 is 0 Å². The summed E-state index contributed by atoms with van der Waals surface area (Å²) in [5.41, 5.74) is 3.29. The van der Waals surface area contributed by atoms with Crippen LogP contribution in [-0.2, 0) is 15.8 Å². The zero-order valence-corrected chi connectivity index (χ0v) is 15.8. The summed E-state index contributed by atoms with van der Waals surface area (Å²) in [7, 11) is -1.91. The molecule has 2 aromatic rings. The first-order valence-corrected chi connectivity index (χ1v) is 10.3. The molecule has 0 amide bonds. The third kappa shape index (κ3) is 5.26. The number of aryl methyl sites for hydroxylation is 2. The van der Waals surface area contributed by atoms with Crippen molar-refractivity contribution in [3.05, 3.63) is 59.2 Å². The van der Waals surface area contributed by atoms with Gasteiger partial charge in [0.15, 0.2) is 0 Å². The van der Waals surface area contributed by atoms with E-state index in [1.54, 1.807) is 37.1 Å². The van der Waals surface area contributed by atoms with Crippen molar-refractivity contribution in [1.29, 1.82) is 0 Å². The SMILES string of the molecule is COc1ccc(S(=O)(=O)NCCSCc2ccc(C)cc2)cc1C. The average Bonchev–Trinajstić information content (AvgIpc) is 2.56. The molecule has 2 rings (SSSR count). The highest BCUT2D eigenvalue weighted by atomic mass is 32.2. The minimum absolute atomic E-state index is 0.268. The van der Waals surface area contributed by atoms with Gasteiger partial charge in [0.05, 0.1) is 12.0 Å². The van der Waals surface area contributed by atoms with Gasteiger partial charge >= 0.3 is 0 Å². The second kappa shape index (κ2) is 8.55. The van der Waals surface area contributed by atoms with Gasteiger partial charge < -0.3 is 4.74 Å². The number of benzene rings is 2. The molecule has 0 aromatic heterocycles. The zero-order chi connectivity index (χ0) is 17.6. The van der Waals surface area contributed by atoms with E-state index in [1.807, 2.05) is 6.92 Å². The minimum atomic E-state index is -3.48. The Labute approximate surface area is 148 Å². The van der Waals surface area contributed by atoms with Crippen LogP contribution in [0.1, 0.15) is 16.7 Å². The number of ether oxygens (including phenoxy) is 1. The first kappa shape index (κ1) is 18.8. The van der Waals surface area contributed by atoms with Crippen LogP contribution in [0, 0.1) is 13.8 Å². The minimum Gasteiger partial charge on any atom is -0.496 e. The molecule has 0 radical (unpaired) electrons. The van der Waals surface area contributed by atoms with Crippen LogP contribution in [0.25, 0.3) is 0 Å². The van der Waals surface area contributed by atoms with Crippen molar-refractivity contribution in [2.24, 2.45) is 0 Å². The molecule has 0 saturated carbocycles. The third-order valence-electron chi connectivity index (χ3n) is 3.60. The lowest BCUT2D eigenvalue weighted by molar-refractivity contribution is 0.411. The van der Waals surface area contributed by atoms with Crippen LogP contribution in [0.3, 0.4) is 0 Å². The Kier molecular flexibility index (Phi) is 6.71. The second-order valence-corrected chi connectivity index (χ2v) is 8.44. The molecule has 24 heavy (non-hydrogen) atoms. The van der Waals surface area contributed by atoms with Crippen LogP contribution in [-0.4, -0.2) is 27.8 Å². The highest BCUT2D eigenvalue weighted by molar-refractivity contribution is 7.98. The molecule has 0 unspecified atom stereocenters. The van der Waals surface area contributed by atoms with E-state index in [0.29, 0.717) is 12.3 Å². The van der Waals surface area contributed by atoms with Gasteiger partial charge in [0.25, 0.3) is 0 Å². The van der Waals surface area contributed by atoms with Gasteiger partial charge in [-0.3, -0.25) is 0 Å². The standard InChI is InChI=1S/C18H23NO3S2/c1-14-4-6-16(7-5-14)13-23-11-10-19-24(20,21)17-8-9-18(22-3)15(2)12-17/h4-9,12,19H,10-11,13H2,1-3H3. The Morgan fingerprint density at radius 3 is 2.42 bits per heavy atom. The molecule has 0 heterocycles. The predicted octanol–water partition coefficient (Wildman–Crippen LogP) is 3.52. The van der Waals surface area contributed by atoms with E-state index in [4.69, 9.17) is 4.74 Å². The van der Waals surface area contributed by atoms with Gasteiger partial charge in [-0.05, 0) is 43.2 Å². The Balaban J connectivity index is 1.82. The number of sulfonamides is 1. The fraction of sp³-hybridized carbons (Fsp3) is 0.333. The van der Waals surface area contributed by atoms with Crippen molar-refractivity contribution in [3.8, 4) is 5.75 Å². The fourth-order valence-electron chi connectivity index (χ4n) is 2.22.